The fourth-order valence-corrected chi connectivity index (χ4v) is 2.50. The predicted molar refractivity (Wildman–Crippen MR) is 86.7 cm³/mol. The molecule has 3 amide bonds. The number of amides is 3. The van der Waals surface area contributed by atoms with Crippen molar-refractivity contribution < 1.29 is 18.4 Å². The van der Waals surface area contributed by atoms with Crippen molar-refractivity contribution >= 4 is 17.6 Å². The molecule has 0 aromatic heterocycles. The molecule has 0 atom stereocenters. The van der Waals surface area contributed by atoms with Crippen LogP contribution in [0.25, 0.3) is 0 Å². The highest BCUT2D eigenvalue weighted by atomic mass is 19.1. The maximum absolute atomic E-state index is 13.5. The predicted octanol–water partition coefficient (Wildman–Crippen LogP) is 1.64. The Balaban J connectivity index is 1.77. The minimum atomic E-state index is -0.817. The second-order valence-corrected chi connectivity index (χ2v) is 6.06. The third-order valence-corrected chi connectivity index (χ3v) is 3.96. The first-order valence-corrected chi connectivity index (χ1v) is 7.80. The van der Waals surface area contributed by atoms with Crippen LogP contribution in [0.4, 0.5) is 19.3 Å². The molecular formula is C16H22F2N4O2. The second kappa shape index (κ2) is 8.05. The molecule has 0 spiro atoms. The molecular weight excluding hydrogens is 318 g/mol. The smallest absolute Gasteiger partial charge is 0.319 e. The number of benzene rings is 1. The first kappa shape index (κ1) is 18.1. The molecule has 0 radical (unpaired) electrons. The monoisotopic (exact) mass is 340 g/mol. The van der Waals surface area contributed by atoms with Gasteiger partial charge in [-0.05, 0) is 25.0 Å². The summed E-state index contributed by atoms with van der Waals surface area (Å²) in [5, 5.41) is 5.15. The Labute approximate surface area is 139 Å². The van der Waals surface area contributed by atoms with Crippen molar-refractivity contribution in [1.29, 1.82) is 0 Å². The van der Waals surface area contributed by atoms with Gasteiger partial charge in [0.25, 0.3) is 0 Å². The molecule has 1 aliphatic heterocycles. The molecule has 0 saturated carbocycles. The molecule has 1 saturated heterocycles. The highest BCUT2D eigenvalue weighted by Crippen LogP contribution is 2.15. The van der Waals surface area contributed by atoms with E-state index in [1.54, 1.807) is 19.0 Å². The zero-order chi connectivity index (χ0) is 17.7. The maximum Gasteiger partial charge on any atom is 0.319 e. The summed E-state index contributed by atoms with van der Waals surface area (Å²) in [6.07, 6.45) is 1.42. The maximum atomic E-state index is 13.5. The van der Waals surface area contributed by atoms with Crippen LogP contribution in [0, 0.1) is 11.6 Å². The summed E-state index contributed by atoms with van der Waals surface area (Å²) in [5.41, 5.74) is -0.0667. The molecule has 24 heavy (non-hydrogen) atoms. The van der Waals surface area contributed by atoms with Crippen molar-refractivity contribution in [1.82, 2.24) is 15.1 Å². The van der Waals surface area contributed by atoms with Gasteiger partial charge >= 0.3 is 6.03 Å². The average Bonchev–Trinajstić information content (AvgIpc) is 2.52. The number of carbonyl (C=O) groups is 2. The lowest BCUT2D eigenvalue weighted by Crippen LogP contribution is -2.48. The Morgan fingerprint density at radius 3 is 2.50 bits per heavy atom. The number of nitrogens with zero attached hydrogens (tertiary/aromatic N) is 2. The number of rotatable bonds is 4. The van der Waals surface area contributed by atoms with E-state index in [1.165, 1.54) is 6.07 Å². The molecule has 132 valence electrons. The van der Waals surface area contributed by atoms with Crippen LogP contribution in [0.1, 0.15) is 12.8 Å². The van der Waals surface area contributed by atoms with Gasteiger partial charge in [-0.15, -0.1) is 0 Å². The van der Waals surface area contributed by atoms with Gasteiger partial charge in [-0.2, -0.15) is 0 Å². The van der Waals surface area contributed by atoms with E-state index >= 15 is 0 Å². The van der Waals surface area contributed by atoms with Crippen molar-refractivity contribution in [3.63, 3.8) is 0 Å². The van der Waals surface area contributed by atoms with Crippen LogP contribution in [0.3, 0.4) is 0 Å². The largest absolute Gasteiger partial charge is 0.348 e. The van der Waals surface area contributed by atoms with Gasteiger partial charge in [-0.1, -0.05) is 0 Å². The van der Waals surface area contributed by atoms with Gasteiger partial charge in [0.05, 0.1) is 12.2 Å². The van der Waals surface area contributed by atoms with E-state index in [0.717, 1.165) is 12.1 Å². The van der Waals surface area contributed by atoms with Crippen LogP contribution in [-0.2, 0) is 4.79 Å². The van der Waals surface area contributed by atoms with Crippen LogP contribution < -0.4 is 10.6 Å². The van der Waals surface area contributed by atoms with E-state index in [4.69, 9.17) is 0 Å². The number of hydrogen-bond donors (Lipinski definition) is 2. The average molecular weight is 340 g/mol. The lowest BCUT2D eigenvalue weighted by Gasteiger charge is -2.32. The number of likely N-dealkylation sites (tertiary alicyclic amines) is 1. The molecule has 1 aliphatic rings. The summed E-state index contributed by atoms with van der Waals surface area (Å²) < 4.78 is 26.3. The van der Waals surface area contributed by atoms with E-state index < -0.39 is 17.7 Å². The van der Waals surface area contributed by atoms with Crippen molar-refractivity contribution in [3.05, 3.63) is 29.8 Å². The molecule has 1 aromatic rings. The molecule has 1 fully saturated rings. The van der Waals surface area contributed by atoms with Gasteiger partial charge in [-0.3, -0.25) is 9.69 Å². The molecule has 0 bridgehead atoms. The molecule has 6 nitrogen and oxygen atoms in total. The SMILES string of the molecule is CN(C)C(=O)CN1CCC(NC(=O)Nc2ccc(F)cc2F)CC1. The number of hydrogen-bond acceptors (Lipinski definition) is 3. The van der Waals surface area contributed by atoms with Crippen LogP contribution in [0.2, 0.25) is 0 Å². The summed E-state index contributed by atoms with van der Waals surface area (Å²) in [6, 6.07) is 2.41. The fraction of sp³-hybridized carbons (Fsp3) is 0.500. The molecule has 2 N–H and O–H groups in total. The quantitative estimate of drug-likeness (QED) is 0.876. The number of anilines is 1. The summed E-state index contributed by atoms with van der Waals surface area (Å²) >= 11 is 0. The summed E-state index contributed by atoms with van der Waals surface area (Å²) in [5.74, 6) is -1.47. The van der Waals surface area contributed by atoms with Gasteiger partial charge < -0.3 is 15.5 Å². The number of nitrogens with one attached hydrogen (secondary N) is 2. The number of piperidine rings is 1. The Hall–Kier alpha value is -2.22. The minimum absolute atomic E-state index is 0.0424. The standard InChI is InChI=1S/C16H22F2N4O2/c1-21(2)15(23)10-22-7-5-12(6-8-22)19-16(24)20-14-4-3-11(17)9-13(14)18/h3-4,9,12H,5-8,10H2,1-2H3,(H2,19,20,24). The molecule has 0 aliphatic carbocycles. The minimum Gasteiger partial charge on any atom is -0.348 e. The van der Waals surface area contributed by atoms with Crippen LogP contribution in [0.5, 0.6) is 0 Å². The highest BCUT2D eigenvalue weighted by Gasteiger charge is 2.22. The topological polar surface area (TPSA) is 64.7 Å². The number of carbonyl (C=O) groups excluding carboxylic acids is 2. The summed E-state index contributed by atoms with van der Waals surface area (Å²) in [6.45, 7) is 1.78. The lowest BCUT2D eigenvalue weighted by molar-refractivity contribution is -0.130. The van der Waals surface area contributed by atoms with Crippen LogP contribution in [0.15, 0.2) is 18.2 Å². The van der Waals surface area contributed by atoms with Gasteiger partial charge in [0.1, 0.15) is 11.6 Å². The Morgan fingerprint density at radius 1 is 1.25 bits per heavy atom. The van der Waals surface area contributed by atoms with Crippen molar-refractivity contribution in [3.8, 4) is 0 Å². The van der Waals surface area contributed by atoms with Crippen LogP contribution in [-0.4, -0.2) is 61.5 Å². The summed E-state index contributed by atoms with van der Waals surface area (Å²) in [4.78, 5) is 27.2. The van der Waals surface area contributed by atoms with Gasteiger partial charge in [0, 0.05) is 39.3 Å². The van der Waals surface area contributed by atoms with Gasteiger partial charge in [0.15, 0.2) is 0 Å². The van der Waals surface area contributed by atoms with Gasteiger partial charge in [0.2, 0.25) is 5.91 Å². The third-order valence-electron chi connectivity index (χ3n) is 3.96. The molecule has 0 unspecified atom stereocenters. The van der Waals surface area contributed by atoms with E-state index in [9.17, 15) is 18.4 Å². The highest BCUT2D eigenvalue weighted by molar-refractivity contribution is 5.89. The molecule has 2 rings (SSSR count). The van der Waals surface area contributed by atoms with E-state index in [-0.39, 0.29) is 17.6 Å². The number of halogens is 2. The lowest BCUT2D eigenvalue weighted by atomic mass is 10.1. The first-order valence-electron chi connectivity index (χ1n) is 7.80. The number of likely N-dealkylation sites (N-methyl/N-ethyl adjacent to an activating group) is 1. The van der Waals surface area contributed by atoms with Crippen molar-refractivity contribution in [2.75, 3.05) is 39.0 Å². The normalized spacial score (nSPS) is 15.8. The Morgan fingerprint density at radius 2 is 1.92 bits per heavy atom. The van der Waals surface area contributed by atoms with Crippen molar-refractivity contribution in [2.24, 2.45) is 0 Å². The van der Waals surface area contributed by atoms with E-state index in [0.29, 0.717) is 32.5 Å². The van der Waals surface area contributed by atoms with E-state index in [2.05, 4.69) is 10.6 Å². The molecule has 1 heterocycles. The zero-order valence-electron chi connectivity index (χ0n) is 13.8. The second-order valence-electron chi connectivity index (χ2n) is 6.06. The van der Waals surface area contributed by atoms with Crippen molar-refractivity contribution in [2.45, 2.75) is 18.9 Å². The molecule has 1 aromatic carbocycles. The Bertz CT molecular complexity index is 602. The number of urea groups is 1. The van der Waals surface area contributed by atoms with E-state index in [1.807, 2.05) is 4.90 Å². The van der Waals surface area contributed by atoms with Crippen LogP contribution >= 0.6 is 0 Å². The summed E-state index contributed by atoms with van der Waals surface area (Å²) in [7, 11) is 3.44. The third kappa shape index (κ3) is 5.16. The molecule has 8 heteroatoms. The zero-order valence-corrected chi connectivity index (χ0v) is 13.8. The Kier molecular flexibility index (Phi) is 6.08. The first-order chi connectivity index (χ1) is 11.3. The van der Waals surface area contributed by atoms with Gasteiger partial charge in [-0.25, -0.2) is 13.6 Å². The fourth-order valence-electron chi connectivity index (χ4n) is 2.50.